The summed E-state index contributed by atoms with van der Waals surface area (Å²) in [5.74, 6) is -0.204. The lowest BCUT2D eigenvalue weighted by Crippen LogP contribution is -2.53. The van der Waals surface area contributed by atoms with Crippen LogP contribution < -0.4 is 14.4 Å². The fourth-order valence-corrected chi connectivity index (χ4v) is 7.30. The third-order valence-corrected chi connectivity index (χ3v) is 10.5. The molecule has 0 aromatic heterocycles. The van der Waals surface area contributed by atoms with Crippen LogP contribution in [0.15, 0.2) is 82.6 Å². The Bertz CT molecular complexity index is 1510. The van der Waals surface area contributed by atoms with Crippen LogP contribution in [0.2, 0.25) is 5.02 Å². The van der Waals surface area contributed by atoms with Gasteiger partial charge in [-0.05, 0) is 99.2 Å². The van der Waals surface area contributed by atoms with Gasteiger partial charge in [0.1, 0.15) is 18.3 Å². The SMILES string of the molecule is CCOc1ccc(N(CC(=O)N(Cc2cccc(Cl)c2)[C@@H](C)C(=O)NC2CCCCC2)S(=O)(=O)c2ccc(SC)cc2)cc1. The van der Waals surface area contributed by atoms with E-state index in [2.05, 4.69) is 5.32 Å². The van der Waals surface area contributed by atoms with Crippen molar-refractivity contribution in [1.82, 2.24) is 10.2 Å². The highest BCUT2D eigenvalue weighted by molar-refractivity contribution is 7.98. The van der Waals surface area contributed by atoms with E-state index in [1.807, 2.05) is 19.2 Å². The van der Waals surface area contributed by atoms with Crippen molar-refractivity contribution in [1.29, 1.82) is 0 Å². The van der Waals surface area contributed by atoms with Gasteiger partial charge >= 0.3 is 0 Å². The minimum absolute atomic E-state index is 0.0569. The maximum atomic E-state index is 14.2. The number of sulfonamides is 1. The Morgan fingerprint density at radius 2 is 1.70 bits per heavy atom. The van der Waals surface area contributed by atoms with Crippen LogP contribution in [-0.4, -0.2) is 56.6 Å². The molecule has 236 valence electrons. The first-order chi connectivity index (χ1) is 21.1. The first-order valence-corrected chi connectivity index (χ1v) is 17.9. The Morgan fingerprint density at radius 3 is 2.32 bits per heavy atom. The predicted molar refractivity (Wildman–Crippen MR) is 177 cm³/mol. The number of nitrogens with one attached hydrogen (secondary N) is 1. The van der Waals surface area contributed by atoms with E-state index in [9.17, 15) is 18.0 Å². The lowest BCUT2D eigenvalue weighted by Gasteiger charge is -2.33. The number of anilines is 1. The van der Waals surface area contributed by atoms with Crippen LogP contribution >= 0.6 is 23.4 Å². The zero-order valence-corrected chi connectivity index (χ0v) is 27.8. The maximum absolute atomic E-state index is 14.2. The minimum Gasteiger partial charge on any atom is -0.494 e. The third kappa shape index (κ3) is 8.70. The van der Waals surface area contributed by atoms with Gasteiger partial charge in [-0.25, -0.2) is 8.42 Å². The van der Waals surface area contributed by atoms with Gasteiger partial charge in [-0.2, -0.15) is 0 Å². The van der Waals surface area contributed by atoms with E-state index in [4.69, 9.17) is 16.3 Å². The molecule has 1 N–H and O–H groups in total. The molecular formula is C33H40ClN3O5S2. The van der Waals surface area contributed by atoms with Crippen molar-refractivity contribution in [2.24, 2.45) is 0 Å². The van der Waals surface area contributed by atoms with E-state index < -0.39 is 28.5 Å². The fourth-order valence-electron chi connectivity index (χ4n) is 5.26. The summed E-state index contributed by atoms with van der Waals surface area (Å²) in [7, 11) is -4.17. The number of amides is 2. The van der Waals surface area contributed by atoms with Crippen molar-refractivity contribution in [3.8, 4) is 5.75 Å². The highest BCUT2D eigenvalue weighted by Gasteiger charge is 2.33. The standard InChI is InChI=1S/C33H40ClN3O5S2/c1-4-42-29-15-13-28(14-16-29)37(44(40,41)31-19-17-30(43-3)18-20-31)23-32(38)36(22-25-9-8-10-26(34)21-25)24(2)33(39)35-27-11-6-5-7-12-27/h8-10,13-21,24,27H,4-7,11-12,22-23H2,1-3H3,(H,35,39)/t24-/m0/s1. The van der Waals surface area contributed by atoms with E-state index >= 15 is 0 Å². The molecule has 0 spiro atoms. The van der Waals surface area contributed by atoms with E-state index in [1.54, 1.807) is 61.5 Å². The summed E-state index contributed by atoms with van der Waals surface area (Å²) < 4.78 is 34.8. The summed E-state index contributed by atoms with van der Waals surface area (Å²) in [6.07, 6.45) is 6.97. The smallest absolute Gasteiger partial charge is 0.264 e. The summed E-state index contributed by atoms with van der Waals surface area (Å²) >= 11 is 7.75. The molecule has 1 saturated carbocycles. The van der Waals surface area contributed by atoms with Crippen molar-refractivity contribution < 1.29 is 22.7 Å². The minimum atomic E-state index is -4.17. The summed E-state index contributed by atoms with van der Waals surface area (Å²) in [4.78, 5) is 30.1. The van der Waals surface area contributed by atoms with Gasteiger partial charge in [0.2, 0.25) is 11.8 Å². The molecule has 1 aliphatic carbocycles. The predicted octanol–water partition coefficient (Wildman–Crippen LogP) is 6.52. The monoisotopic (exact) mass is 657 g/mol. The second kappa shape index (κ2) is 15.7. The molecule has 0 saturated heterocycles. The van der Waals surface area contributed by atoms with Crippen LogP contribution in [0, 0.1) is 0 Å². The van der Waals surface area contributed by atoms with E-state index in [0.29, 0.717) is 23.1 Å². The van der Waals surface area contributed by atoms with Crippen LogP contribution in [0.1, 0.15) is 51.5 Å². The van der Waals surface area contributed by atoms with Crippen molar-refractivity contribution in [2.45, 2.75) is 74.4 Å². The average Bonchev–Trinajstić information content (AvgIpc) is 3.03. The zero-order valence-electron chi connectivity index (χ0n) is 25.4. The molecule has 0 unspecified atom stereocenters. The summed E-state index contributed by atoms with van der Waals surface area (Å²) in [5.41, 5.74) is 1.03. The van der Waals surface area contributed by atoms with Gasteiger partial charge in [0.25, 0.3) is 10.0 Å². The highest BCUT2D eigenvalue weighted by atomic mass is 35.5. The number of hydrogen-bond donors (Lipinski definition) is 1. The number of halogens is 1. The Morgan fingerprint density at radius 1 is 1.02 bits per heavy atom. The Hall–Kier alpha value is -3.21. The zero-order chi connectivity index (χ0) is 31.7. The van der Waals surface area contributed by atoms with Gasteiger partial charge < -0.3 is 15.0 Å². The van der Waals surface area contributed by atoms with Crippen LogP contribution in [0.3, 0.4) is 0 Å². The quantitative estimate of drug-likeness (QED) is 0.210. The normalized spacial score (nSPS) is 14.5. The number of benzene rings is 3. The van der Waals surface area contributed by atoms with Gasteiger partial charge in [0.05, 0.1) is 17.2 Å². The van der Waals surface area contributed by atoms with E-state index in [1.165, 1.54) is 28.8 Å². The fraction of sp³-hybridized carbons (Fsp3) is 0.394. The molecule has 4 rings (SSSR count). The van der Waals surface area contributed by atoms with Gasteiger partial charge in [-0.1, -0.05) is 43.0 Å². The lowest BCUT2D eigenvalue weighted by atomic mass is 9.95. The third-order valence-electron chi connectivity index (χ3n) is 7.72. The largest absolute Gasteiger partial charge is 0.494 e. The Labute approximate surface area is 270 Å². The number of carbonyl (C=O) groups excluding carboxylic acids is 2. The van der Waals surface area contributed by atoms with Crippen LogP contribution in [0.25, 0.3) is 0 Å². The van der Waals surface area contributed by atoms with Crippen molar-refractivity contribution in [3.63, 3.8) is 0 Å². The van der Waals surface area contributed by atoms with E-state index in [-0.39, 0.29) is 23.4 Å². The molecular weight excluding hydrogens is 618 g/mol. The van der Waals surface area contributed by atoms with Crippen LogP contribution in [-0.2, 0) is 26.2 Å². The molecule has 0 aliphatic heterocycles. The molecule has 1 fully saturated rings. The molecule has 11 heteroatoms. The highest BCUT2D eigenvalue weighted by Crippen LogP contribution is 2.28. The second-order valence-corrected chi connectivity index (χ2v) is 14.0. The number of hydrogen-bond acceptors (Lipinski definition) is 6. The van der Waals surface area contributed by atoms with Gasteiger partial charge in [0.15, 0.2) is 0 Å². The number of carbonyl (C=O) groups is 2. The van der Waals surface area contributed by atoms with Crippen LogP contribution in [0.5, 0.6) is 5.75 Å². The van der Waals surface area contributed by atoms with Crippen molar-refractivity contribution >= 4 is 50.9 Å². The maximum Gasteiger partial charge on any atom is 0.264 e. The molecule has 3 aromatic rings. The number of rotatable bonds is 13. The Kier molecular flexibility index (Phi) is 12.0. The average molecular weight is 658 g/mol. The number of thioether (sulfide) groups is 1. The molecule has 44 heavy (non-hydrogen) atoms. The van der Waals surface area contributed by atoms with Crippen molar-refractivity contribution in [2.75, 3.05) is 23.7 Å². The lowest BCUT2D eigenvalue weighted by molar-refractivity contribution is -0.139. The molecule has 8 nitrogen and oxygen atoms in total. The molecule has 0 bridgehead atoms. The molecule has 1 aliphatic rings. The topological polar surface area (TPSA) is 96.0 Å². The second-order valence-electron chi connectivity index (χ2n) is 10.8. The van der Waals surface area contributed by atoms with Crippen LogP contribution in [0.4, 0.5) is 5.69 Å². The summed E-state index contributed by atoms with van der Waals surface area (Å²) in [5, 5.41) is 3.62. The summed E-state index contributed by atoms with van der Waals surface area (Å²) in [6, 6.07) is 19.4. The summed E-state index contributed by atoms with van der Waals surface area (Å²) in [6.45, 7) is 3.57. The van der Waals surface area contributed by atoms with Crippen molar-refractivity contribution in [3.05, 3.63) is 83.4 Å². The molecule has 1 atom stereocenters. The van der Waals surface area contributed by atoms with Gasteiger partial charge in [-0.15, -0.1) is 11.8 Å². The van der Waals surface area contributed by atoms with Gasteiger partial charge in [0, 0.05) is 22.5 Å². The van der Waals surface area contributed by atoms with E-state index in [0.717, 1.165) is 46.9 Å². The first kappa shape index (κ1) is 33.7. The first-order valence-electron chi connectivity index (χ1n) is 14.9. The molecule has 3 aromatic carbocycles. The number of ether oxygens (including phenoxy) is 1. The number of nitrogens with zero attached hydrogens (tertiary/aromatic N) is 2. The van der Waals surface area contributed by atoms with Gasteiger partial charge in [-0.3, -0.25) is 13.9 Å². The molecule has 2 amide bonds. The molecule has 0 radical (unpaired) electrons. The molecule has 0 heterocycles. The Balaban J connectivity index is 1.68.